The molecule has 6 rings (SSSR count). The van der Waals surface area contributed by atoms with Crippen molar-refractivity contribution in [1.29, 1.82) is 0 Å². The molecule has 0 bridgehead atoms. The first kappa shape index (κ1) is 30.1. The van der Waals surface area contributed by atoms with Crippen molar-refractivity contribution < 1.29 is 0 Å². The molecule has 0 fully saturated rings. The molecule has 0 saturated carbocycles. The van der Waals surface area contributed by atoms with Gasteiger partial charge < -0.3 is 0 Å². The molecule has 2 aliphatic heterocycles. The van der Waals surface area contributed by atoms with E-state index >= 15 is 0 Å². The van der Waals surface area contributed by atoms with Crippen molar-refractivity contribution >= 4 is 45.3 Å². The maximum Gasteiger partial charge on any atom is 0.194 e. The van der Waals surface area contributed by atoms with Crippen LogP contribution in [-0.2, 0) is 21.8 Å². The second-order valence-electron chi connectivity index (χ2n) is 11.6. The van der Waals surface area contributed by atoms with Gasteiger partial charge in [0.1, 0.15) is 21.8 Å². The fraction of sp³-hybridized carbons (Fsp3) is 0.316. The number of allylic oxidation sites excluding steroid dienone is 2. The molecule has 2 unspecified atom stereocenters. The average molecular weight is 627 g/mol. The van der Waals surface area contributed by atoms with Crippen molar-refractivity contribution in [3.63, 3.8) is 0 Å². The van der Waals surface area contributed by atoms with Gasteiger partial charge in [-0.05, 0) is 113 Å². The molecular weight excluding hydrogens is 585 g/mol. The van der Waals surface area contributed by atoms with Crippen LogP contribution in [0.2, 0.25) is 0 Å². The lowest BCUT2D eigenvalue weighted by Gasteiger charge is -2.28. The van der Waals surface area contributed by atoms with E-state index in [4.69, 9.17) is 0 Å². The Balaban J connectivity index is 1.73. The Hall–Kier alpha value is -1.98. The van der Waals surface area contributed by atoms with Gasteiger partial charge in [0.15, 0.2) is 29.4 Å². The van der Waals surface area contributed by atoms with E-state index in [9.17, 15) is 0 Å². The first-order valence-corrected chi connectivity index (χ1v) is 19.1. The van der Waals surface area contributed by atoms with Crippen LogP contribution in [0.3, 0.4) is 0 Å². The molecule has 0 aliphatic carbocycles. The van der Waals surface area contributed by atoms with Crippen molar-refractivity contribution in [2.24, 2.45) is 0 Å². The molecule has 42 heavy (non-hydrogen) atoms. The van der Waals surface area contributed by atoms with Crippen LogP contribution in [0.15, 0.2) is 97.5 Å². The molecule has 0 nitrogen and oxygen atoms in total. The summed E-state index contributed by atoms with van der Waals surface area (Å²) in [6.45, 7) is 23.6. The van der Waals surface area contributed by atoms with Crippen LogP contribution in [0.5, 0.6) is 0 Å². The van der Waals surface area contributed by atoms with Gasteiger partial charge in [0, 0.05) is 24.0 Å². The summed E-state index contributed by atoms with van der Waals surface area (Å²) in [5.41, 5.74) is 11.7. The van der Waals surface area contributed by atoms with Gasteiger partial charge in [-0.15, -0.1) is 0 Å². The van der Waals surface area contributed by atoms with Crippen LogP contribution < -0.4 is 0 Å². The highest BCUT2D eigenvalue weighted by Gasteiger charge is 2.50. The summed E-state index contributed by atoms with van der Waals surface area (Å²) in [7, 11) is -0.241. The van der Waals surface area contributed by atoms with Crippen molar-refractivity contribution in [3.8, 4) is 0 Å². The quantitative estimate of drug-likeness (QED) is 0.207. The normalized spacial score (nSPS) is 17.7. The lowest BCUT2D eigenvalue weighted by molar-refractivity contribution is 1.00. The van der Waals surface area contributed by atoms with Crippen molar-refractivity contribution in [3.05, 3.63) is 103 Å². The third kappa shape index (κ3) is 4.47. The van der Waals surface area contributed by atoms with Gasteiger partial charge in [-0.25, -0.2) is 0 Å². The van der Waals surface area contributed by atoms with Crippen LogP contribution in [0.4, 0.5) is 0 Å². The van der Waals surface area contributed by atoms with Gasteiger partial charge in [-0.3, -0.25) is 0 Å². The molecule has 0 N–H and O–H groups in total. The van der Waals surface area contributed by atoms with Crippen LogP contribution in [0, 0.1) is 55.4 Å². The second-order valence-corrected chi connectivity index (χ2v) is 17.6. The van der Waals surface area contributed by atoms with E-state index in [0.717, 1.165) is 12.8 Å². The summed E-state index contributed by atoms with van der Waals surface area (Å²) in [5.74, 6) is 0. The molecule has 4 aromatic rings. The summed E-state index contributed by atoms with van der Waals surface area (Å²) >= 11 is 4.00. The predicted octanol–water partition coefficient (Wildman–Crippen LogP) is 11.9. The highest BCUT2D eigenvalue weighted by atomic mass is 32.2. The first-order valence-electron chi connectivity index (χ1n) is 15.1. The third-order valence-corrected chi connectivity index (χ3v) is 18.3. The lowest BCUT2D eigenvalue weighted by atomic mass is 9.99. The molecule has 0 saturated heterocycles. The van der Waals surface area contributed by atoms with Crippen LogP contribution in [0.1, 0.15) is 71.2 Å². The Morgan fingerprint density at radius 2 is 0.810 bits per heavy atom. The molecule has 4 heteroatoms. The Morgan fingerprint density at radius 1 is 0.476 bits per heavy atom. The fourth-order valence-corrected chi connectivity index (χ4v) is 16.0. The van der Waals surface area contributed by atoms with Gasteiger partial charge >= 0.3 is 0 Å². The molecule has 2 heterocycles. The predicted molar refractivity (Wildman–Crippen MR) is 187 cm³/mol. The standard InChI is InChI=1S/C38H42S4/c1-11-31(41-33-19-15-13-17-29(33)39-35-25(7)21(3)23(5)27(9)37(35)41)32(12-2)42-34-20-16-14-18-30(34)40-36-26(8)22(4)24(6)28(10)38(36)42/h13-20H,11-12H2,1-10H3/q+2/b32-31+. The highest BCUT2D eigenvalue weighted by Crippen LogP contribution is 2.57. The molecule has 216 valence electrons. The van der Waals surface area contributed by atoms with E-state index < -0.39 is 0 Å². The van der Waals surface area contributed by atoms with Gasteiger partial charge in [-0.2, -0.15) is 0 Å². The number of fused-ring (bicyclic) bond motifs is 4. The van der Waals surface area contributed by atoms with E-state index in [0.29, 0.717) is 0 Å². The summed E-state index contributed by atoms with van der Waals surface area (Å²) in [6, 6.07) is 18.5. The molecule has 0 aromatic heterocycles. The van der Waals surface area contributed by atoms with Crippen molar-refractivity contribution in [1.82, 2.24) is 0 Å². The average Bonchev–Trinajstić information content (AvgIpc) is 3.01. The minimum atomic E-state index is -0.121. The van der Waals surface area contributed by atoms with Crippen LogP contribution in [0.25, 0.3) is 0 Å². The summed E-state index contributed by atoms with van der Waals surface area (Å²) in [4.78, 5) is 15.4. The van der Waals surface area contributed by atoms with Gasteiger partial charge in [-0.1, -0.05) is 61.6 Å². The molecule has 2 aliphatic rings. The SMILES string of the molecule is CC/C(=C(/CC)[S+]1c2ccccc2Sc2c(C)c(C)c(C)c(C)c21)[S+]1c2ccccc2Sc2c(C)c(C)c(C)c(C)c21. The first-order chi connectivity index (χ1) is 20.1. The monoisotopic (exact) mass is 626 g/mol. The van der Waals surface area contributed by atoms with E-state index in [1.54, 1.807) is 19.6 Å². The zero-order chi connectivity index (χ0) is 30.0. The van der Waals surface area contributed by atoms with Crippen LogP contribution in [-0.4, -0.2) is 0 Å². The molecule has 4 aromatic carbocycles. The maximum atomic E-state index is 2.42. The molecule has 0 spiro atoms. The molecule has 0 radical (unpaired) electrons. The summed E-state index contributed by atoms with van der Waals surface area (Å²) < 4.78 is 0. The topological polar surface area (TPSA) is 0 Å². The zero-order valence-corrected chi connectivity index (χ0v) is 29.9. The van der Waals surface area contributed by atoms with Gasteiger partial charge in [0.2, 0.25) is 0 Å². The smallest absolute Gasteiger partial charge is 0.0792 e. The molecule has 0 amide bonds. The Bertz CT molecular complexity index is 1660. The molecule has 2 atom stereocenters. The molecular formula is C38H42S4+2. The number of benzene rings is 4. The second kappa shape index (κ2) is 11.5. The number of rotatable bonds is 4. The summed E-state index contributed by atoms with van der Waals surface area (Å²) in [6.07, 6.45) is 2.13. The lowest BCUT2D eigenvalue weighted by Crippen LogP contribution is -2.22. The van der Waals surface area contributed by atoms with Gasteiger partial charge in [0.25, 0.3) is 0 Å². The van der Waals surface area contributed by atoms with E-state index in [1.807, 2.05) is 23.5 Å². The third-order valence-electron chi connectivity index (χ3n) is 9.57. The highest BCUT2D eigenvalue weighted by molar-refractivity contribution is 8.08. The maximum absolute atomic E-state index is 2.42. The Labute approximate surface area is 267 Å². The van der Waals surface area contributed by atoms with E-state index in [1.165, 1.54) is 73.9 Å². The van der Waals surface area contributed by atoms with E-state index in [-0.39, 0.29) is 21.8 Å². The van der Waals surface area contributed by atoms with Gasteiger partial charge in [0.05, 0.1) is 19.6 Å². The Kier molecular flexibility index (Phi) is 8.23. The fourth-order valence-electron chi connectivity index (χ4n) is 6.49. The van der Waals surface area contributed by atoms with Crippen LogP contribution >= 0.6 is 23.5 Å². The number of hydrogen-bond donors (Lipinski definition) is 0. The largest absolute Gasteiger partial charge is 0.194 e. The number of hydrogen-bond acceptors (Lipinski definition) is 2. The Morgan fingerprint density at radius 3 is 1.17 bits per heavy atom. The van der Waals surface area contributed by atoms with E-state index in [2.05, 4.69) is 118 Å². The van der Waals surface area contributed by atoms with Crippen molar-refractivity contribution in [2.45, 2.75) is 121 Å². The summed E-state index contributed by atoms with van der Waals surface area (Å²) in [5, 5.41) is 0. The zero-order valence-electron chi connectivity index (χ0n) is 26.7. The minimum absolute atomic E-state index is 0.121. The van der Waals surface area contributed by atoms with Crippen molar-refractivity contribution in [2.75, 3.05) is 0 Å². The minimum Gasteiger partial charge on any atom is -0.0792 e.